The summed E-state index contributed by atoms with van der Waals surface area (Å²) >= 11 is 1.69. The highest BCUT2D eigenvalue weighted by atomic mass is 32.1. The molecule has 2 rings (SSSR count). The second-order valence-corrected chi connectivity index (χ2v) is 7.60. The Morgan fingerprint density at radius 1 is 1.19 bits per heavy atom. The van der Waals surface area contributed by atoms with Crippen LogP contribution in [0, 0.1) is 6.92 Å². The van der Waals surface area contributed by atoms with Crippen molar-refractivity contribution in [3.63, 3.8) is 0 Å². The van der Waals surface area contributed by atoms with Crippen molar-refractivity contribution in [2.75, 3.05) is 27.2 Å². The highest BCUT2D eigenvalue weighted by Gasteiger charge is 2.09. The Hall–Kier alpha value is -1.92. The van der Waals surface area contributed by atoms with E-state index >= 15 is 0 Å². The largest absolute Gasteiger partial charge is 0.357 e. The highest BCUT2D eigenvalue weighted by Crippen LogP contribution is 2.11. The molecule has 1 N–H and O–H groups in total. The van der Waals surface area contributed by atoms with E-state index in [1.807, 2.05) is 6.92 Å². The van der Waals surface area contributed by atoms with Crippen LogP contribution in [0.3, 0.4) is 0 Å². The Kier molecular flexibility index (Phi) is 8.06. The van der Waals surface area contributed by atoms with Gasteiger partial charge in [0.05, 0.1) is 23.8 Å². The second kappa shape index (κ2) is 10.3. The van der Waals surface area contributed by atoms with Crippen LogP contribution >= 0.6 is 11.3 Å². The molecule has 1 aromatic heterocycles. The van der Waals surface area contributed by atoms with Crippen LogP contribution in [-0.2, 0) is 19.6 Å². The number of thiazole rings is 1. The first-order chi connectivity index (χ1) is 12.5. The van der Waals surface area contributed by atoms with E-state index in [-0.39, 0.29) is 0 Å². The summed E-state index contributed by atoms with van der Waals surface area (Å²) in [6.07, 6.45) is 0. The van der Waals surface area contributed by atoms with E-state index < -0.39 is 0 Å². The lowest BCUT2D eigenvalue weighted by molar-refractivity contribution is 0.345. The number of rotatable bonds is 8. The Morgan fingerprint density at radius 2 is 1.96 bits per heavy atom. The fourth-order valence-corrected chi connectivity index (χ4v) is 3.29. The normalized spacial score (nSPS) is 11.8. The summed E-state index contributed by atoms with van der Waals surface area (Å²) in [5.74, 6) is 0.911. The number of nitrogens with one attached hydrogen (secondary N) is 1. The summed E-state index contributed by atoms with van der Waals surface area (Å²) in [7, 11) is 4.20. The average molecular weight is 374 g/mol. The molecule has 0 spiro atoms. The molecule has 1 aromatic carbocycles. The van der Waals surface area contributed by atoms with Crippen LogP contribution in [0.5, 0.6) is 0 Å². The van der Waals surface area contributed by atoms with Crippen LogP contribution in [-0.4, -0.2) is 47.9 Å². The number of benzene rings is 1. The molecular weight excluding hydrogens is 342 g/mol. The molecule has 0 radical (unpaired) electrons. The van der Waals surface area contributed by atoms with E-state index in [9.17, 15) is 0 Å². The predicted molar refractivity (Wildman–Crippen MR) is 112 cm³/mol. The molecule has 0 bridgehead atoms. The molecule has 2 aromatic rings. The van der Waals surface area contributed by atoms with E-state index in [2.05, 4.69) is 77.7 Å². The molecule has 26 heavy (non-hydrogen) atoms. The molecule has 5 nitrogen and oxygen atoms in total. The number of hydrogen-bond donors (Lipinski definition) is 1. The van der Waals surface area contributed by atoms with Gasteiger partial charge in [0.15, 0.2) is 5.96 Å². The van der Waals surface area contributed by atoms with Gasteiger partial charge < -0.3 is 15.1 Å². The van der Waals surface area contributed by atoms with Crippen LogP contribution < -0.4 is 5.32 Å². The van der Waals surface area contributed by atoms with Crippen molar-refractivity contribution < 1.29 is 0 Å². The molecule has 0 aliphatic rings. The van der Waals surface area contributed by atoms with Crippen LogP contribution in [0.4, 0.5) is 0 Å². The topological polar surface area (TPSA) is 43.8 Å². The van der Waals surface area contributed by atoms with Crippen LogP contribution in [0.2, 0.25) is 0 Å². The van der Waals surface area contributed by atoms with E-state index in [0.29, 0.717) is 6.54 Å². The minimum atomic E-state index is 0.673. The highest BCUT2D eigenvalue weighted by molar-refractivity contribution is 7.09. The summed E-state index contributed by atoms with van der Waals surface area (Å²) in [5, 5.41) is 6.59. The maximum Gasteiger partial charge on any atom is 0.194 e. The zero-order chi connectivity index (χ0) is 18.9. The Bertz CT molecular complexity index is 710. The van der Waals surface area contributed by atoms with Crippen molar-refractivity contribution in [2.24, 2.45) is 4.99 Å². The van der Waals surface area contributed by atoms with Gasteiger partial charge >= 0.3 is 0 Å². The SMILES string of the molecule is CCNC(=NCc1cccc(CN(C)CC)c1)N(C)Cc1csc(C)n1. The summed E-state index contributed by atoms with van der Waals surface area (Å²) in [6.45, 7) is 10.6. The minimum Gasteiger partial charge on any atom is -0.357 e. The fraction of sp³-hybridized carbons (Fsp3) is 0.500. The zero-order valence-corrected chi connectivity index (χ0v) is 17.4. The van der Waals surface area contributed by atoms with Gasteiger partial charge in [-0.3, -0.25) is 0 Å². The van der Waals surface area contributed by atoms with Gasteiger partial charge in [0, 0.05) is 25.5 Å². The summed E-state index contributed by atoms with van der Waals surface area (Å²) in [6, 6.07) is 8.70. The number of aliphatic imine (C=N–C) groups is 1. The van der Waals surface area contributed by atoms with Crippen molar-refractivity contribution in [1.29, 1.82) is 0 Å². The minimum absolute atomic E-state index is 0.673. The van der Waals surface area contributed by atoms with Crippen molar-refractivity contribution in [3.05, 3.63) is 51.5 Å². The average Bonchev–Trinajstić information content (AvgIpc) is 3.03. The lowest BCUT2D eigenvalue weighted by atomic mass is 10.1. The van der Waals surface area contributed by atoms with Gasteiger partial charge in [-0.25, -0.2) is 9.98 Å². The number of nitrogens with zero attached hydrogens (tertiary/aromatic N) is 4. The van der Waals surface area contributed by atoms with E-state index in [1.165, 1.54) is 11.1 Å². The molecule has 0 amide bonds. The quantitative estimate of drug-likeness (QED) is 0.568. The van der Waals surface area contributed by atoms with E-state index in [4.69, 9.17) is 4.99 Å². The van der Waals surface area contributed by atoms with Gasteiger partial charge in [-0.15, -0.1) is 11.3 Å². The third-order valence-electron chi connectivity index (χ3n) is 4.16. The second-order valence-electron chi connectivity index (χ2n) is 6.53. The third-order valence-corrected chi connectivity index (χ3v) is 4.98. The van der Waals surface area contributed by atoms with Gasteiger partial charge in [-0.2, -0.15) is 0 Å². The fourth-order valence-electron chi connectivity index (χ4n) is 2.68. The first kappa shape index (κ1) is 20.4. The molecule has 0 unspecified atom stereocenters. The lowest BCUT2D eigenvalue weighted by Gasteiger charge is -2.21. The number of hydrogen-bond acceptors (Lipinski definition) is 4. The van der Waals surface area contributed by atoms with E-state index in [1.54, 1.807) is 11.3 Å². The number of aromatic nitrogens is 1. The number of aryl methyl sites for hydroxylation is 1. The maximum absolute atomic E-state index is 4.82. The Labute approximate surface area is 161 Å². The predicted octanol–water partition coefficient (Wildman–Crippen LogP) is 3.50. The molecule has 0 saturated heterocycles. The number of guanidine groups is 1. The molecule has 6 heteroatoms. The van der Waals surface area contributed by atoms with Crippen molar-refractivity contribution in [2.45, 2.75) is 40.4 Å². The molecule has 0 aliphatic carbocycles. The van der Waals surface area contributed by atoms with Crippen molar-refractivity contribution >= 4 is 17.3 Å². The maximum atomic E-state index is 4.82. The van der Waals surface area contributed by atoms with Crippen LogP contribution in [0.25, 0.3) is 0 Å². The van der Waals surface area contributed by atoms with E-state index in [0.717, 1.165) is 42.8 Å². The molecule has 0 aliphatic heterocycles. The molecular formula is C20H31N5S. The van der Waals surface area contributed by atoms with Gasteiger partial charge in [0.25, 0.3) is 0 Å². The Morgan fingerprint density at radius 3 is 2.62 bits per heavy atom. The smallest absolute Gasteiger partial charge is 0.194 e. The summed E-state index contributed by atoms with van der Waals surface area (Å²) in [5.41, 5.74) is 3.66. The lowest BCUT2D eigenvalue weighted by Crippen LogP contribution is -2.38. The van der Waals surface area contributed by atoms with Crippen LogP contribution in [0.15, 0.2) is 34.6 Å². The summed E-state index contributed by atoms with van der Waals surface area (Å²) < 4.78 is 0. The molecule has 0 fully saturated rings. The summed E-state index contributed by atoms with van der Waals surface area (Å²) in [4.78, 5) is 13.8. The van der Waals surface area contributed by atoms with Crippen molar-refractivity contribution in [1.82, 2.24) is 20.1 Å². The molecule has 0 atom stereocenters. The monoisotopic (exact) mass is 373 g/mol. The first-order valence-electron chi connectivity index (χ1n) is 9.18. The molecule has 142 valence electrons. The first-order valence-corrected chi connectivity index (χ1v) is 10.1. The van der Waals surface area contributed by atoms with Gasteiger partial charge in [0.1, 0.15) is 0 Å². The van der Waals surface area contributed by atoms with Gasteiger partial charge in [0.2, 0.25) is 0 Å². The zero-order valence-electron chi connectivity index (χ0n) is 16.6. The molecule has 0 saturated carbocycles. The third kappa shape index (κ3) is 6.42. The van der Waals surface area contributed by atoms with Crippen molar-refractivity contribution in [3.8, 4) is 0 Å². The molecule has 1 heterocycles. The van der Waals surface area contributed by atoms with Crippen LogP contribution in [0.1, 0.15) is 35.7 Å². The van der Waals surface area contributed by atoms with Gasteiger partial charge in [-0.1, -0.05) is 31.2 Å². The standard InChI is InChI=1S/C20H31N5S/c1-6-21-20(25(5)14-19-15-26-16(3)23-19)22-12-17-9-8-10-18(11-17)13-24(4)7-2/h8-11,15H,6-7,12-14H2,1-5H3,(H,21,22). The Balaban J connectivity index is 2.04. The van der Waals surface area contributed by atoms with Gasteiger partial charge in [-0.05, 0) is 38.6 Å².